The van der Waals surface area contributed by atoms with Gasteiger partial charge >= 0.3 is 0 Å². The van der Waals surface area contributed by atoms with Crippen molar-refractivity contribution < 1.29 is 8.42 Å². The molecule has 19 heavy (non-hydrogen) atoms. The van der Waals surface area contributed by atoms with Crippen molar-refractivity contribution in [3.05, 3.63) is 50.1 Å². The normalized spacial score (nSPS) is 11.3. The summed E-state index contributed by atoms with van der Waals surface area (Å²) in [7, 11) is -3.81. The molecule has 4 nitrogen and oxygen atoms in total. The maximum absolute atomic E-state index is 12.2. The van der Waals surface area contributed by atoms with E-state index in [2.05, 4.69) is 32.3 Å². The first-order valence-electron chi connectivity index (χ1n) is 4.98. The molecule has 0 amide bonds. The van der Waals surface area contributed by atoms with Crippen LogP contribution in [0.4, 0.5) is 5.82 Å². The summed E-state index contributed by atoms with van der Waals surface area (Å²) >= 11 is 13.7. The molecule has 1 N–H and O–H groups in total. The lowest BCUT2D eigenvalue weighted by Gasteiger charge is -2.09. The van der Waals surface area contributed by atoms with Crippen LogP contribution < -0.4 is 4.72 Å². The lowest BCUT2D eigenvalue weighted by molar-refractivity contribution is 0.601. The van der Waals surface area contributed by atoms with Crippen molar-refractivity contribution in [1.82, 2.24) is 4.98 Å². The quantitative estimate of drug-likeness (QED) is 0.756. The number of hydrogen-bond donors (Lipinski definition) is 1. The second-order valence-electron chi connectivity index (χ2n) is 3.54. The Hall–Kier alpha value is -0.570. The molecule has 0 bridgehead atoms. The minimum absolute atomic E-state index is 0.0815. The van der Waals surface area contributed by atoms with Crippen LogP contribution in [0.3, 0.4) is 0 Å². The molecule has 1 aromatic heterocycles. The van der Waals surface area contributed by atoms with Gasteiger partial charge in [-0.2, -0.15) is 0 Å². The number of benzene rings is 1. The first kappa shape index (κ1) is 14.8. The van der Waals surface area contributed by atoms with Gasteiger partial charge in [0.1, 0.15) is 10.7 Å². The molecule has 8 heteroatoms. The van der Waals surface area contributed by atoms with Crippen molar-refractivity contribution >= 4 is 61.6 Å². The number of anilines is 1. The number of sulfonamides is 1. The minimum Gasteiger partial charge on any atom is -0.263 e. The SMILES string of the molecule is O=S(=O)(Nc1ccc(I)cn1)c1cc(Cl)ccc1Cl. The zero-order chi connectivity index (χ0) is 14.0. The van der Waals surface area contributed by atoms with E-state index < -0.39 is 10.0 Å². The Morgan fingerprint density at radius 2 is 1.89 bits per heavy atom. The Morgan fingerprint density at radius 1 is 1.16 bits per heavy atom. The van der Waals surface area contributed by atoms with Gasteiger partial charge in [0, 0.05) is 14.8 Å². The standard InChI is InChI=1S/C11H7Cl2IN2O2S/c12-7-1-3-9(13)10(5-7)19(17,18)16-11-4-2-8(14)6-15-11/h1-6H,(H,15,16). The second-order valence-corrected chi connectivity index (χ2v) is 7.28. The molecule has 0 fully saturated rings. The molecule has 0 unspecified atom stereocenters. The Balaban J connectivity index is 2.37. The molecule has 2 aromatic rings. The highest BCUT2D eigenvalue weighted by molar-refractivity contribution is 14.1. The summed E-state index contributed by atoms with van der Waals surface area (Å²) in [6.45, 7) is 0. The zero-order valence-corrected chi connectivity index (χ0v) is 13.8. The van der Waals surface area contributed by atoms with Gasteiger partial charge in [-0.15, -0.1) is 0 Å². The number of aromatic nitrogens is 1. The van der Waals surface area contributed by atoms with Crippen LogP contribution >= 0.6 is 45.8 Å². The summed E-state index contributed by atoms with van der Waals surface area (Å²) in [4.78, 5) is 3.89. The van der Waals surface area contributed by atoms with E-state index in [1.165, 1.54) is 18.2 Å². The van der Waals surface area contributed by atoms with E-state index >= 15 is 0 Å². The van der Waals surface area contributed by atoms with E-state index in [1.54, 1.807) is 18.3 Å². The van der Waals surface area contributed by atoms with E-state index in [9.17, 15) is 8.42 Å². The maximum atomic E-state index is 12.2. The number of pyridine rings is 1. The van der Waals surface area contributed by atoms with Crippen LogP contribution in [-0.4, -0.2) is 13.4 Å². The number of halogens is 3. The van der Waals surface area contributed by atoms with E-state index in [4.69, 9.17) is 23.2 Å². The van der Waals surface area contributed by atoms with E-state index in [0.717, 1.165) is 3.57 Å². The fraction of sp³-hybridized carbons (Fsp3) is 0. The first-order valence-corrected chi connectivity index (χ1v) is 8.30. The van der Waals surface area contributed by atoms with Gasteiger partial charge in [0.15, 0.2) is 0 Å². The van der Waals surface area contributed by atoms with Gasteiger partial charge in [0.05, 0.1) is 5.02 Å². The third kappa shape index (κ3) is 3.71. The van der Waals surface area contributed by atoms with Gasteiger partial charge in [0.25, 0.3) is 10.0 Å². The van der Waals surface area contributed by atoms with E-state index in [1.807, 2.05) is 0 Å². The highest BCUT2D eigenvalue weighted by Crippen LogP contribution is 2.26. The number of nitrogens with zero attached hydrogens (tertiary/aromatic N) is 1. The van der Waals surface area contributed by atoms with Gasteiger partial charge < -0.3 is 0 Å². The monoisotopic (exact) mass is 428 g/mol. The molecule has 0 aliphatic carbocycles. The molecule has 1 aromatic carbocycles. The van der Waals surface area contributed by atoms with Crippen LogP contribution in [0.5, 0.6) is 0 Å². The Bertz CT molecular complexity index is 705. The van der Waals surface area contributed by atoms with Crippen molar-refractivity contribution in [2.75, 3.05) is 4.72 Å². The highest BCUT2D eigenvalue weighted by Gasteiger charge is 2.19. The molecule has 0 saturated heterocycles. The summed E-state index contributed by atoms with van der Waals surface area (Å²) < 4.78 is 27.6. The maximum Gasteiger partial charge on any atom is 0.264 e. The highest BCUT2D eigenvalue weighted by atomic mass is 127. The molecule has 1 heterocycles. The van der Waals surface area contributed by atoms with Crippen molar-refractivity contribution in [2.24, 2.45) is 0 Å². The molecular weight excluding hydrogens is 422 g/mol. The van der Waals surface area contributed by atoms with Crippen LogP contribution in [0.15, 0.2) is 41.4 Å². The molecule has 0 radical (unpaired) electrons. The average Bonchev–Trinajstić information content (AvgIpc) is 2.35. The minimum atomic E-state index is -3.81. The van der Waals surface area contributed by atoms with Gasteiger partial charge in [-0.3, -0.25) is 4.72 Å². The van der Waals surface area contributed by atoms with Crippen molar-refractivity contribution in [3.8, 4) is 0 Å². The lowest BCUT2D eigenvalue weighted by Crippen LogP contribution is -2.14. The lowest BCUT2D eigenvalue weighted by atomic mass is 10.4. The van der Waals surface area contributed by atoms with Crippen LogP contribution in [0.1, 0.15) is 0 Å². The predicted molar refractivity (Wildman–Crippen MR) is 84.2 cm³/mol. The summed E-state index contributed by atoms with van der Waals surface area (Å²) in [5.41, 5.74) is 0. The molecular formula is C11H7Cl2IN2O2S. The van der Waals surface area contributed by atoms with Crippen LogP contribution in [-0.2, 0) is 10.0 Å². The first-order chi connectivity index (χ1) is 8.88. The molecule has 0 aliphatic heterocycles. The van der Waals surface area contributed by atoms with E-state index in [-0.39, 0.29) is 15.7 Å². The largest absolute Gasteiger partial charge is 0.264 e. The smallest absolute Gasteiger partial charge is 0.263 e. The summed E-state index contributed by atoms with van der Waals surface area (Å²) in [6.07, 6.45) is 1.55. The average molecular weight is 429 g/mol. The van der Waals surface area contributed by atoms with Gasteiger partial charge in [-0.25, -0.2) is 13.4 Å². The fourth-order valence-electron chi connectivity index (χ4n) is 1.31. The van der Waals surface area contributed by atoms with Crippen molar-refractivity contribution in [1.29, 1.82) is 0 Å². The zero-order valence-electron chi connectivity index (χ0n) is 9.27. The van der Waals surface area contributed by atoms with Gasteiger partial charge in [0.2, 0.25) is 0 Å². The topological polar surface area (TPSA) is 59.1 Å². The third-order valence-corrected chi connectivity index (χ3v) is 4.86. The molecule has 0 saturated carbocycles. The molecule has 100 valence electrons. The Kier molecular flexibility index (Phi) is 4.54. The Labute approximate surface area is 134 Å². The third-order valence-electron chi connectivity index (χ3n) is 2.15. The molecule has 2 rings (SSSR count). The van der Waals surface area contributed by atoms with Crippen LogP contribution in [0.2, 0.25) is 10.0 Å². The summed E-state index contributed by atoms with van der Waals surface area (Å²) in [5, 5.41) is 0.391. The number of rotatable bonds is 3. The molecule has 0 aliphatic rings. The fourth-order valence-corrected chi connectivity index (χ4v) is 3.40. The van der Waals surface area contributed by atoms with Gasteiger partial charge in [-0.05, 0) is 52.9 Å². The van der Waals surface area contributed by atoms with Crippen molar-refractivity contribution in [3.63, 3.8) is 0 Å². The van der Waals surface area contributed by atoms with Crippen molar-refractivity contribution in [2.45, 2.75) is 4.90 Å². The number of nitrogens with one attached hydrogen (secondary N) is 1. The Morgan fingerprint density at radius 3 is 2.53 bits per heavy atom. The van der Waals surface area contributed by atoms with Crippen LogP contribution in [0, 0.1) is 3.57 Å². The molecule has 0 atom stereocenters. The van der Waals surface area contributed by atoms with Crippen LogP contribution in [0.25, 0.3) is 0 Å². The van der Waals surface area contributed by atoms with Gasteiger partial charge in [-0.1, -0.05) is 23.2 Å². The summed E-state index contributed by atoms with van der Waals surface area (Å²) in [5.74, 6) is 0.219. The number of hydrogen-bond acceptors (Lipinski definition) is 3. The summed E-state index contributed by atoms with van der Waals surface area (Å²) in [6, 6.07) is 7.55. The van der Waals surface area contributed by atoms with E-state index in [0.29, 0.717) is 5.02 Å². The molecule has 0 spiro atoms. The predicted octanol–water partition coefficient (Wildman–Crippen LogP) is 3.79. The second kappa shape index (κ2) is 5.82.